The maximum Gasteiger partial charge on any atom is 0.318 e. The van der Waals surface area contributed by atoms with Crippen molar-refractivity contribution in [3.05, 3.63) is 245 Å². The molecule has 30 nitrogen and oxygen atoms in total. The van der Waals surface area contributed by atoms with Gasteiger partial charge < -0.3 is 63.6 Å². The quantitative estimate of drug-likeness (QED) is 0.0384. The van der Waals surface area contributed by atoms with Crippen molar-refractivity contribution >= 4 is 90.3 Å². The average molecular weight is 1850 g/mol. The minimum Gasteiger partial charge on any atom is -0.508 e. The van der Waals surface area contributed by atoms with Crippen LogP contribution in [0.4, 0.5) is 23.1 Å². The molecule has 137 heavy (non-hydrogen) atoms. The van der Waals surface area contributed by atoms with Crippen molar-refractivity contribution in [3.8, 4) is 17.8 Å². The van der Waals surface area contributed by atoms with Gasteiger partial charge in [0, 0.05) is 174 Å². The number of carbonyl (C=O) groups excluding carboxylic acids is 4. The van der Waals surface area contributed by atoms with Gasteiger partial charge in [0.2, 0.25) is 23.6 Å². The van der Waals surface area contributed by atoms with Crippen molar-refractivity contribution in [3.63, 3.8) is 0 Å². The van der Waals surface area contributed by atoms with Gasteiger partial charge >= 0.3 is 12.0 Å². The van der Waals surface area contributed by atoms with Crippen LogP contribution in [-0.4, -0.2) is 283 Å². The smallest absolute Gasteiger partial charge is 0.318 e. The zero-order chi connectivity index (χ0) is 95.8. The number of phenols is 1. The van der Waals surface area contributed by atoms with Gasteiger partial charge in [0.1, 0.15) is 36.1 Å². The molecule has 0 spiro atoms. The molecule has 30 heteroatoms. The first kappa shape index (κ1) is 95.3. The highest BCUT2D eigenvalue weighted by molar-refractivity contribution is 5.91. The molecule has 4 N–H and O–H groups in total. The van der Waals surface area contributed by atoms with Gasteiger partial charge in [0.05, 0.1) is 53.1 Å². The predicted octanol–water partition coefficient (Wildman–Crippen LogP) is 13.4. The molecule has 4 saturated heterocycles. The van der Waals surface area contributed by atoms with E-state index in [0.29, 0.717) is 112 Å². The number of aryl methyl sites for hydroxylation is 3. The fourth-order valence-corrected chi connectivity index (χ4v) is 22.0. The Morgan fingerprint density at radius 3 is 1.31 bits per heavy atom. The average Bonchev–Trinajstić information content (AvgIpc) is 1.72. The molecule has 7 atom stereocenters. The number of rotatable bonds is 21. The van der Waals surface area contributed by atoms with E-state index < -0.39 is 0 Å². The third kappa shape index (κ3) is 20.8. The fraction of sp³-hybridized carbons (Fsp3) is 0.439. The molecule has 5 aromatic carbocycles. The molecule has 7 aromatic heterocycles. The largest absolute Gasteiger partial charge is 0.508 e. The number of anilines is 4. The topological polar surface area (TPSA) is 316 Å². The molecule has 0 radical (unpaired) electrons. The van der Waals surface area contributed by atoms with Crippen molar-refractivity contribution < 1.29 is 33.8 Å². The summed E-state index contributed by atoms with van der Waals surface area (Å²) in [5, 5.41) is 38.5. The summed E-state index contributed by atoms with van der Waals surface area (Å²) in [6.07, 6.45) is 24.1. The Balaban J connectivity index is 0.000000127. The van der Waals surface area contributed by atoms with E-state index in [9.17, 15) is 24.3 Å². The van der Waals surface area contributed by atoms with Gasteiger partial charge in [0.15, 0.2) is 0 Å². The highest BCUT2D eigenvalue weighted by Gasteiger charge is 2.40. The maximum atomic E-state index is 12.1. The molecule has 0 saturated carbocycles. The number of carbonyl (C=O) groups is 4. The molecular weight excluding hydrogens is 1720 g/mol. The summed E-state index contributed by atoms with van der Waals surface area (Å²) in [6.45, 7) is 42.5. The second kappa shape index (κ2) is 42.4. The number of pyridine rings is 1. The molecule has 4 amide bonds. The molecule has 716 valence electrons. The SMILES string of the molecule is C=CC(=O)N1CCN(c2ccnc3c2C[C@@H](C)[C@H](c2c(C)ccc4[nH]ncc24)C3)CC1.C=CC(=O)N1CCN(c2nc(OCCCN(C)C)nc3c2C[C@@H](C)[C@H](c2c(C)ccc4[nH]ncc24)C3)CC1.C=CC(=O)N1CCN(c2nc(OCCN(C)C)nc3c2C[C@@H](C)[C@H](c2c(C)ccc4[nH]ncc24)C3)CC1.C=CC(=O)N1CCN(c2ncnc3c2CC[C@H](c2cc(O)cc4ccccc24)C3)CC1. The van der Waals surface area contributed by atoms with E-state index in [0.717, 1.165) is 199 Å². The molecule has 20 rings (SSSR count). The molecule has 0 bridgehead atoms. The number of likely N-dealkylation sites (N-methyl/N-ethyl adjacent to an activating group) is 1. The van der Waals surface area contributed by atoms with Gasteiger partial charge in [-0.25, -0.2) is 9.97 Å². The van der Waals surface area contributed by atoms with E-state index in [1.54, 1.807) is 6.33 Å². The van der Waals surface area contributed by atoms with Crippen LogP contribution < -0.4 is 29.1 Å². The van der Waals surface area contributed by atoms with Crippen LogP contribution in [0, 0.1) is 38.5 Å². The lowest BCUT2D eigenvalue weighted by Crippen LogP contribution is -2.49. The fourth-order valence-electron chi connectivity index (χ4n) is 22.0. The third-order valence-electron chi connectivity index (χ3n) is 29.4. The van der Waals surface area contributed by atoms with Crippen molar-refractivity contribution in [1.82, 2.24) is 94.9 Å². The van der Waals surface area contributed by atoms with Crippen LogP contribution in [0.3, 0.4) is 0 Å². The van der Waals surface area contributed by atoms with Gasteiger partial charge in [0.25, 0.3) is 0 Å². The zero-order valence-corrected chi connectivity index (χ0v) is 81.1. The highest BCUT2D eigenvalue weighted by atomic mass is 16.5. The number of phenolic OH excluding ortho intramolecular Hbond substituents is 1. The summed E-state index contributed by atoms with van der Waals surface area (Å²) in [5.74, 6) is 5.97. The number of aromatic hydroxyl groups is 1. The Kier molecular flexibility index (Phi) is 29.5. The predicted molar refractivity (Wildman–Crippen MR) is 540 cm³/mol. The van der Waals surface area contributed by atoms with Crippen molar-refractivity contribution in [2.24, 2.45) is 17.8 Å². The summed E-state index contributed by atoms with van der Waals surface area (Å²) in [5.41, 5.74) is 23.3. The van der Waals surface area contributed by atoms with Crippen molar-refractivity contribution in [1.29, 1.82) is 0 Å². The van der Waals surface area contributed by atoms with Crippen LogP contribution in [0.15, 0.2) is 161 Å². The molecular formula is C107H131N23O7. The van der Waals surface area contributed by atoms with Crippen LogP contribution in [0.5, 0.6) is 17.8 Å². The van der Waals surface area contributed by atoms with Crippen molar-refractivity contribution in [2.75, 3.05) is 179 Å². The first-order valence-electron chi connectivity index (χ1n) is 48.7. The van der Waals surface area contributed by atoms with Gasteiger partial charge in [-0.1, -0.05) is 89.6 Å². The number of amides is 4. The lowest BCUT2D eigenvalue weighted by molar-refractivity contribution is -0.127. The summed E-state index contributed by atoms with van der Waals surface area (Å²) >= 11 is 0. The number of hydrogen-bond acceptors (Lipinski definition) is 23. The minimum absolute atomic E-state index is 0.00875. The van der Waals surface area contributed by atoms with E-state index in [1.807, 2.05) is 82.7 Å². The molecule has 8 aliphatic rings. The highest BCUT2D eigenvalue weighted by Crippen LogP contribution is 2.48. The Hall–Kier alpha value is -13.5. The Labute approximate surface area is 802 Å². The maximum absolute atomic E-state index is 12.1. The lowest BCUT2D eigenvalue weighted by atomic mass is 9.73. The normalized spacial score (nSPS) is 19.8. The van der Waals surface area contributed by atoms with E-state index in [4.69, 9.17) is 34.4 Å². The molecule has 11 heterocycles. The van der Waals surface area contributed by atoms with E-state index in [1.165, 1.54) is 118 Å². The van der Waals surface area contributed by atoms with Gasteiger partial charge in [-0.2, -0.15) is 35.2 Å². The number of nitrogens with one attached hydrogen (secondary N) is 3. The summed E-state index contributed by atoms with van der Waals surface area (Å²) in [6, 6.07) is 27.9. The molecule has 4 aliphatic heterocycles. The van der Waals surface area contributed by atoms with Crippen LogP contribution in [0.1, 0.15) is 141 Å². The number of piperazine rings is 4. The van der Waals surface area contributed by atoms with Gasteiger partial charge in [-0.15, -0.1) is 0 Å². The summed E-state index contributed by atoms with van der Waals surface area (Å²) in [4.78, 5) is 103. The van der Waals surface area contributed by atoms with E-state index in [2.05, 4.69) is 207 Å². The molecule has 0 unspecified atom stereocenters. The summed E-state index contributed by atoms with van der Waals surface area (Å²) in [7, 11) is 8.18. The monoisotopic (exact) mass is 1850 g/mol. The van der Waals surface area contributed by atoms with Gasteiger partial charge in [-0.05, 0) is 271 Å². The number of H-pyrrole nitrogens is 3. The summed E-state index contributed by atoms with van der Waals surface area (Å²) < 4.78 is 12.2. The number of fused-ring (bicyclic) bond motifs is 8. The second-order valence-corrected chi connectivity index (χ2v) is 38.7. The van der Waals surface area contributed by atoms with E-state index >= 15 is 0 Å². The number of aromatic nitrogens is 13. The van der Waals surface area contributed by atoms with Crippen LogP contribution in [-0.2, 0) is 70.5 Å². The van der Waals surface area contributed by atoms with Crippen LogP contribution >= 0.6 is 0 Å². The first-order chi connectivity index (χ1) is 66.4. The minimum atomic E-state index is -0.0164. The number of aromatic amines is 3. The number of nitrogens with zero attached hydrogens (tertiary/aromatic N) is 20. The van der Waals surface area contributed by atoms with Gasteiger partial charge in [-0.3, -0.25) is 39.5 Å². The number of ether oxygens (including phenoxy) is 2. The lowest BCUT2D eigenvalue weighted by Gasteiger charge is -2.39. The third-order valence-corrected chi connectivity index (χ3v) is 29.4. The Morgan fingerprint density at radius 1 is 0.438 bits per heavy atom. The number of hydrogen-bond donors (Lipinski definition) is 4. The molecule has 12 aromatic rings. The van der Waals surface area contributed by atoms with Crippen molar-refractivity contribution in [2.45, 2.75) is 129 Å². The zero-order valence-electron chi connectivity index (χ0n) is 81.1. The number of benzene rings is 5. The standard InChI is InChI=1S/C29H39N7O2.C28H37N7O2.C25H29N5O.C25H26N4O2/c1-6-26(37)35-11-13-36(14-12-35)28-22-16-20(3)21(27-19(2)8-9-24-23(27)18-30-33-24)17-25(22)31-29(32-28)38-15-7-10-34(4)5;1-6-25(36)34-9-11-35(12-10-34)27-21-15-19(3)20(26-18(2)7-8-23-22(26)17-29-32-23)16-24(21)30-28(31-27)37-14-13-33(4)5;1-4-24(31)30-11-9-29(10-12-30)23-7-8-26-22-14-18(17(3)13-19(22)23)25-16(2)5-6-21-20(25)15-27-28-21;1-2-24(31)28-9-11-29(12-10-28)25-21-8-7-18(14-23(21)26-16-27-25)22-15-19(30)13-17-5-3-4-6-20(17)22/h6,8-9,18,20-21H,1,7,10-17H2,2-5H3,(H,30,33);6-8,17,19-20H,1,9-16H2,2-5H3,(H,29,32);4-8,15,17-18H,1,9-14H2,2-3H3,(H,27,28);2-6,13,15-16,18,30H,1,7-12,14H2/t20-,21-;19-,20-;17-,18-;18-/m1110/s1. The van der Waals surface area contributed by atoms with Crippen LogP contribution in [0.25, 0.3) is 43.5 Å². The second-order valence-electron chi connectivity index (χ2n) is 38.7. The Bertz CT molecular complexity index is 6430. The Morgan fingerprint density at radius 2 is 0.854 bits per heavy atom. The molecule has 4 aliphatic carbocycles. The molecule has 4 fully saturated rings. The van der Waals surface area contributed by atoms with Crippen LogP contribution in [0.2, 0.25) is 0 Å². The first-order valence-corrected chi connectivity index (χ1v) is 48.7. The van der Waals surface area contributed by atoms with E-state index in [-0.39, 0.29) is 23.6 Å².